The Balaban J connectivity index is 1.96. The van der Waals surface area contributed by atoms with Crippen LogP contribution in [-0.2, 0) is 6.54 Å². The fourth-order valence-electron chi connectivity index (χ4n) is 2.35. The van der Waals surface area contributed by atoms with Crippen molar-refractivity contribution in [1.82, 2.24) is 9.88 Å². The highest BCUT2D eigenvalue weighted by molar-refractivity contribution is 7.15. The number of aliphatic hydroxyl groups excluding tert-OH is 1. The van der Waals surface area contributed by atoms with Crippen molar-refractivity contribution < 1.29 is 5.11 Å². The summed E-state index contributed by atoms with van der Waals surface area (Å²) in [5, 5.41) is 9.10. The van der Waals surface area contributed by atoms with Gasteiger partial charge in [-0.3, -0.25) is 4.90 Å². The van der Waals surface area contributed by atoms with Gasteiger partial charge in [0.15, 0.2) is 4.47 Å². The molecule has 0 bridgehead atoms. The first kappa shape index (κ1) is 12.3. The van der Waals surface area contributed by atoms with Crippen molar-refractivity contribution in [3.8, 4) is 0 Å². The molecule has 0 radical (unpaired) electrons. The number of hydrogen-bond acceptors (Lipinski definition) is 4. The summed E-state index contributed by atoms with van der Waals surface area (Å²) < 4.78 is 0.602. The number of hydrogen-bond donors (Lipinski definition) is 1. The quantitative estimate of drug-likeness (QED) is 0.884. The van der Waals surface area contributed by atoms with Gasteiger partial charge in [-0.25, -0.2) is 4.98 Å². The van der Waals surface area contributed by atoms with Crippen molar-refractivity contribution >= 4 is 22.9 Å². The average molecular weight is 261 g/mol. The van der Waals surface area contributed by atoms with E-state index in [2.05, 4.69) is 9.88 Å². The summed E-state index contributed by atoms with van der Waals surface area (Å²) in [5.74, 6) is 0. The number of thiazole rings is 1. The van der Waals surface area contributed by atoms with E-state index in [1.165, 1.54) is 41.9 Å². The second kappa shape index (κ2) is 5.96. The molecule has 5 heteroatoms. The Kier molecular flexibility index (Phi) is 4.58. The lowest BCUT2D eigenvalue weighted by molar-refractivity contribution is 0.146. The summed E-state index contributed by atoms with van der Waals surface area (Å²) in [7, 11) is 0. The van der Waals surface area contributed by atoms with Crippen molar-refractivity contribution in [2.75, 3.05) is 13.2 Å². The van der Waals surface area contributed by atoms with Crippen LogP contribution in [0.15, 0.2) is 6.20 Å². The monoisotopic (exact) mass is 260 g/mol. The van der Waals surface area contributed by atoms with Crippen LogP contribution in [0.5, 0.6) is 0 Å². The van der Waals surface area contributed by atoms with Crippen molar-refractivity contribution in [3.63, 3.8) is 0 Å². The van der Waals surface area contributed by atoms with Gasteiger partial charge in [-0.05, 0) is 12.8 Å². The van der Waals surface area contributed by atoms with Crippen LogP contribution >= 0.6 is 22.9 Å². The number of halogens is 1. The zero-order chi connectivity index (χ0) is 11.4. The summed E-state index contributed by atoms with van der Waals surface area (Å²) in [5.41, 5.74) is 0. The predicted octanol–water partition coefficient (Wildman–Crippen LogP) is 2.53. The largest absolute Gasteiger partial charge is 0.395 e. The third kappa shape index (κ3) is 3.17. The smallest absolute Gasteiger partial charge is 0.183 e. The molecule has 1 aliphatic carbocycles. The standard InChI is InChI=1S/C11H17ClN2OS/c12-11-13-7-10(16-11)8-14(5-6-15)9-3-1-2-4-9/h7,9,15H,1-6,8H2. The first-order valence-electron chi connectivity index (χ1n) is 5.74. The molecular weight excluding hydrogens is 244 g/mol. The lowest BCUT2D eigenvalue weighted by atomic mass is 10.2. The second-order valence-electron chi connectivity index (χ2n) is 4.21. The molecule has 0 aliphatic heterocycles. The van der Waals surface area contributed by atoms with E-state index in [1.54, 1.807) is 0 Å². The van der Waals surface area contributed by atoms with Crippen molar-refractivity contribution in [2.24, 2.45) is 0 Å². The van der Waals surface area contributed by atoms with Gasteiger partial charge in [-0.2, -0.15) is 0 Å². The summed E-state index contributed by atoms with van der Waals surface area (Å²) >= 11 is 7.35. The average Bonchev–Trinajstić information content (AvgIpc) is 2.88. The topological polar surface area (TPSA) is 36.4 Å². The Morgan fingerprint density at radius 2 is 2.25 bits per heavy atom. The molecule has 1 N–H and O–H groups in total. The highest BCUT2D eigenvalue weighted by Gasteiger charge is 2.22. The molecule has 0 unspecified atom stereocenters. The van der Waals surface area contributed by atoms with E-state index < -0.39 is 0 Å². The van der Waals surface area contributed by atoms with Gasteiger partial charge in [0.2, 0.25) is 0 Å². The van der Waals surface area contributed by atoms with E-state index in [4.69, 9.17) is 16.7 Å². The zero-order valence-electron chi connectivity index (χ0n) is 9.23. The minimum Gasteiger partial charge on any atom is -0.395 e. The van der Waals surface area contributed by atoms with Crippen LogP contribution in [0.3, 0.4) is 0 Å². The molecule has 1 saturated carbocycles. The number of aromatic nitrogens is 1. The van der Waals surface area contributed by atoms with E-state index >= 15 is 0 Å². The SMILES string of the molecule is OCCN(Cc1cnc(Cl)s1)C1CCCC1. The predicted molar refractivity (Wildman–Crippen MR) is 66.9 cm³/mol. The molecular formula is C11H17ClN2OS. The van der Waals surface area contributed by atoms with Crippen LogP contribution in [0.2, 0.25) is 4.47 Å². The first-order valence-corrected chi connectivity index (χ1v) is 6.94. The van der Waals surface area contributed by atoms with Gasteiger partial charge < -0.3 is 5.11 Å². The molecule has 0 saturated heterocycles. The Morgan fingerprint density at radius 3 is 2.81 bits per heavy atom. The molecule has 2 rings (SSSR count). The third-order valence-corrected chi connectivity index (χ3v) is 4.21. The minimum atomic E-state index is 0.225. The van der Waals surface area contributed by atoms with E-state index in [1.807, 2.05) is 6.20 Å². The van der Waals surface area contributed by atoms with Crippen molar-refractivity contribution in [2.45, 2.75) is 38.3 Å². The molecule has 1 aliphatic rings. The molecule has 0 amide bonds. The van der Waals surface area contributed by atoms with Gasteiger partial charge in [-0.15, -0.1) is 11.3 Å². The summed E-state index contributed by atoms with van der Waals surface area (Å²) in [4.78, 5) is 7.59. The Labute approximate surface area is 105 Å². The fourth-order valence-corrected chi connectivity index (χ4v) is 3.35. The van der Waals surface area contributed by atoms with E-state index in [-0.39, 0.29) is 6.61 Å². The normalized spacial score (nSPS) is 17.4. The zero-order valence-corrected chi connectivity index (χ0v) is 10.8. The van der Waals surface area contributed by atoms with Gasteiger partial charge in [-0.1, -0.05) is 24.4 Å². The molecule has 3 nitrogen and oxygen atoms in total. The highest BCUT2D eigenvalue weighted by Crippen LogP contribution is 2.26. The maximum absolute atomic E-state index is 9.10. The first-order chi connectivity index (χ1) is 7.79. The molecule has 90 valence electrons. The van der Waals surface area contributed by atoms with E-state index in [9.17, 15) is 0 Å². The number of rotatable bonds is 5. The van der Waals surface area contributed by atoms with E-state index in [0.717, 1.165) is 13.1 Å². The second-order valence-corrected chi connectivity index (χ2v) is 5.91. The molecule has 1 aromatic rings. The summed E-state index contributed by atoms with van der Waals surface area (Å²) in [6.07, 6.45) is 6.98. The van der Waals surface area contributed by atoms with Crippen LogP contribution in [-0.4, -0.2) is 34.2 Å². The molecule has 16 heavy (non-hydrogen) atoms. The molecule has 1 fully saturated rings. The van der Waals surface area contributed by atoms with Gasteiger partial charge in [0.1, 0.15) is 0 Å². The Hall–Kier alpha value is -0.160. The highest BCUT2D eigenvalue weighted by atomic mass is 35.5. The Morgan fingerprint density at radius 1 is 1.50 bits per heavy atom. The third-order valence-electron chi connectivity index (χ3n) is 3.11. The minimum absolute atomic E-state index is 0.225. The van der Waals surface area contributed by atoms with Crippen LogP contribution in [0, 0.1) is 0 Å². The Bertz CT molecular complexity index is 326. The van der Waals surface area contributed by atoms with Gasteiger partial charge in [0, 0.05) is 30.2 Å². The summed E-state index contributed by atoms with van der Waals surface area (Å²) in [6, 6.07) is 0.632. The maximum atomic E-state index is 9.10. The fraction of sp³-hybridized carbons (Fsp3) is 0.727. The summed E-state index contributed by atoms with van der Waals surface area (Å²) in [6.45, 7) is 1.85. The molecule has 0 atom stereocenters. The molecule has 1 heterocycles. The van der Waals surface area contributed by atoms with Gasteiger partial charge >= 0.3 is 0 Å². The van der Waals surface area contributed by atoms with Gasteiger partial charge in [0.05, 0.1) is 6.61 Å². The van der Waals surface area contributed by atoms with Crippen molar-refractivity contribution in [1.29, 1.82) is 0 Å². The van der Waals surface area contributed by atoms with Crippen LogP contribution in [0.4, 0.5) is 0 Å². The van der Waals surface area contributed by atoms with Crippen LogP contribution in [0.1, 0.15) is 30.6 Å². The van der Waals surface area contributed by atoms with Crippen LogP contribution in [0.25, 0.3) is 0 Å². The van der Waals surface area contributed by atoms with Crippen LogP contribution < -0.4 is 0 Å². The lowest BCUT2D eigenvalue weighted by Crippen LogP contribution is -2.34. The number of aliphatic hydroxyl groups is 1. The van der Waals surface area contributed by atoms with Crippen molar-refractivity contribution in [3.05, 3.63) is 15.5 Å². The molecule has 0 spiro atoms. The molecule has 1 aromatic heterocycles. The molecule has 0 aromatic carbocycles. The lowest BCUT2D eigenvalue weighted by Gasteiger charge is -2.27. The number of nitrogens with zero attached hydrogens (tertiary/aromatic N) is 2. The van der Waals surface area contributed by atoms with Gasteiger partial charge in [0.25, 0.3) is 0 Å². The maximum Gasteiger partial charge on any atom is 0.183 e. The van der Waals surface area contributed by atoms with E-state index in [0.29, 0.717) is 10.5 Å².